The Labute approximate surface area is 143 Å². The SMILES string of the molecule is C=CCOc1ccc(C=NNC(=O)c2ccccc2I)cc1. The molecular formula is C17H15IN2O2. The second kappa shape index (κ2) is 8.33. The molecule has 5 heteroatoms. The largest absolute Gasteiger partial charge is 0.490 e. The minimum absolute atomic E-state index is 0.229. The van der Waals surface area contributed by atoms with Gasteiger partial charge in [-0.05, 0) is 64.6 Å². The average molecular weight is 406 g/mol. The lowest BCUT2D eigenvalue weighted by Crippen LogP contribution is -2.18. The number of carbonyl (C=O) groups is 1. The highest BCUT2D eigenvalue weighted by atomic mass is 127. The topological polar surface area (TPSA) is 50.7 Å². The Morgan fingerprint density at radius 3 is 2.64 bits per heavy atom. The third-order valence-corrected chi connectivity index (χ3v) is 3.69. The first kappa shape index (κ1) is 16.2. The van der Waals surface area contributed by atoms with Gasteiger partial charge in [0, 0.05) is 3.57 Å². The van der Waals surface area contributed by atoms with Gasteiger partial charge in [0.05, 0.1) is 11.8 Å². The summed E-state index contributed by atoms with van der Waals surface area (Å²) >= 11 is 2.12. The summed E-state index contributed by atoms with van der Waals surface area (Å²) in [5.41, 5.74) is 3.99. The third-order valence-electron chi connectivity index (χ3n) is 2.75. The van der Waals surface area contributed by atoms with Crippen molar-refractivity contribution in [1.29, 1.82) is 0 Å². The highest BCUT2D eigenvalue weighted by Gasteiger charge is 2.07. The molecule has 0 aliphatic heterocycles. The first-order chi connectivity index (χ1) is 10.7. The van der Waals surface area contributed by atoms with Gasteiger partial charge in [-0.15, -0.1) is 0 Å². The lowest BCUT2D eigenvalue weighted by atomic mass is 10.2. The van der Waals surface area contributed by atoms with E-state index in [2.05, 4.69) is 39.7 Å². The standard InChI is InChI=1S/C17H15IN2O2/c1-2-11-22-14-9-7-13(8-10-14)12-19-20-17(21)15-5-3-4-6-16(15)18/h2-10,12H,1,11H2,(H,20,21). The van der Waals surface area contributed by atoms with Crippen LogP contribution in [0.3, 0.4) is 0 Å². The summed E-state index contributed by atoms with van der Waals surface area (Å²) in [4.78, 5) is 12.0. The van der Waals surface area contributed by atoms with E-state index in [1.807, 2.05) is 42.5 Å². The zero-order chi connectivity index (χ0) is 15.8. The summed E-state index contributed by atoms with van der Waals surface area (Å²) in [5, 5.41) is 3.97. The van der Waals surface area contributed by atoms with Crippen molar-refractivity contribution in [3.05, 3.63) is 75.9 Å². The summed E-state index contributed by atoms with van der Waals surface area (Å²) in [5.74, 6) is 0.534. The quantitative estimate of drug-likeness (QED) is 0.345. The van der Waals surface area contributed by atoms with Crippen molar-refractivity contribution in [2.75, 3.05) is 6.61 Å². The van der Waals surface area contributed by atoms with E-state index in [0.717, 1.165) is 14.9 Å². The maximum Gasteiger partial charge on any atom is 0.272 e. The fourth-order valence-corrected chi connectivity index (χ4v) is 2.31. The zero-order valence-corrected chi connectivity index (χ0v) is 14.0. The summed E-state index contributed by atoms with van der Waals surface area (Å²) < 4.78 is 6.28. The Hall–Kier alpha value is -2.15. The number of hydrazone groups is 1. The molecule has 0 bridgehead atoms. The molecule has 0 spiro atoms. The Bertz CT molecular complexity index is 681. The summed E-state index contributed by atoms with van der Waals surface area (Å²) in [6.07, 6.45) is 3.28. The predicted octanol–water partition coefficient (Wildman–Crippen LogP) is 3.62. The van der Waals surface area contributed by atoms with Crippen LogP contribution in [-0.2, 0) is 0 Å². The van der Waals surface area contributed by atoms with E-state index < -0.39 is 0 Å². The molecule has 4 nitrogen and oxygen atoms in total. The highest BCUT2D eigenvalue weighted by Crippen LogP contribution is 2.12. The minimum Gasteiger partial charge on any atom is -0.490 e. The van der Waals surface area contributed by atoms with Gasteiger partial charge in [0.15, 0.2) is 0 Å². The molecule has 0 aromatic heterocycles. The van der Waals surface area contributed by atoms with Gasteiger partial charge in [0.2, 0.25) is 0 Å². The number of benzene rings is 2. The van der Waals surface area contributed by atoms with Crippen molar-refractivity contribution in [3.8, 4) is 5.75 Å². The van der Waals surface area contributed by atoms with Crippen molar-refractivity contribution in [3.63, 3.8) is 0 Å². The lowest BCUT2D eigenvalue weighted by molar-refractivity contribution is 0.0954. The number of carbonyl (C=O) groups excluding carboxylic acids is 1. The van der Waals surface area contributed by atoms with Crippen LogP contribution in [-0.4, -0.2) is 18.7 Å². The Kier molecular flexibility index (Phi) is 6.14. The van der Waals surface area contributed by atoms with Crippen molar-refractivity contribution in [2.45, 2.75) is 0 Å². The van der Waals surface area contributed by atoms with E-state index in [-0.39, 0.29) is 5.91 Å². The Morgan fingerprint density at radius 1 is 1.23 bits per heavy atom. The summed E-state index contributed by atoms with van der Waals surface area (Å²) in [6, 6.07) is 14.8. The molecule has 0 radical (unpaired) electrons. The van der Waals surface area contributed by atoms with Crippen LogP contribution in [0.5, 0.6) is 5.75 Å². The monoisotopic (exact) mass is 406 g/mol. The molecule has 0 aliphatic rings. The first-order valence-electron chi connectivity index (χ1n) is 6.62. The molecule has 0 saturated carbocycles. The van der Waals surface area contributed by atoms with Gasteiger partial charge in [-0.1, -0.05) is 24.8 Å². The van der Waals surface area contributed by atoms with Crippen LogP contribution in [0.4, 0.5) is 0 Å². The Morgan fingerprint density at radius 2 is 1.95 bits per heavy atom. The van der Waals surface area contributed by atoms with Crippen LogP contribution < -0.4 is 10.2 Å². The molecule has 0 saturated heterocycles. The third kappa shape index (κ3) is 4.70. The molecule has 0 heterocycles. The number of hydrogen-bond donors (Lipinski definition) is 1. The van der Waals surface area contributed by atoms with E-state index in [9.17, 15) is 4.79 Å². The van der Waals surface area contributed by atoms with Crippen molar-refractivity contribution in [1.82, 2.24) is 5.43 Å². The summed E-state index contributed by atoms with van der Waals surface area (Å²) in [7, 11) is 0. The number of amides is 1. The van der Waals surface area contributed by atoms with Crippen molar-refractivity contribution >= 4 is 34.7 Å². The molecule has 2 aromatic carbocycles. The van der Waals surface area contributed by atoms with E-state index in [1.54, 1.807) is 18.4 Å². The van der Waals surface area contributed by atoms with Crippen molar-refractivity contribution in [2.24, 2.45) is 5.10 Å². The molecule has 0 atom stereocenters. The zero-order valence-electron chi connectivity index (χ0n) is 11.8. The summed E-state index contributed by atoms with van der Waals surface area (Å²) in [6.45, 7) is 4.07. The van der Waals surface area contributed by atoms with Crippen LogP contribution >= 0.6 is 22.6 Å². The number of halogens is 1. The van der Waals surface area contributed by atoms with Crippen LogP contribution in [0, 0.1) is 3.57 Å². The maximum absolute atomic E-state index is 12.0. The first-order valence-corrected chi connectivity index (χ1v) is 7.70. The molecule has 0 unspecified atom stereocenters. The second-order valence-electron chi connectivity index (χ2n) is 4.35. The van der Waals surface area contributed by atoms with E-state index in [4.69, 9.17) is 4.74 Å². The van der Waals surface area contributed by atoms with Crippen LogP contribution in [0.25, 0.3) is 0 Å². The molecule has 0 fully saturated rings. The van der Waals surface area contributed by atoms with Crippen LogP contribution in [0.1, 0.15) is 15.9 Å². The van der Waals surface area contributed by atoms with E-state index in [1.165, 1.54) is 0 Å². The highest BCUT2D eigenvalue weighted by molar-refractivity contribution is 14.1. The van der Waals surface area contributed by atoms with Gasteiger partial charge in [0.1, 0.15) is 12.4 Å². The Balaban J connectivity index is 1.93. The molecule has 2 aromatic rings. The number of nitrogens with zero attached hydrogens (tertiary/aromatic N) is 1. The van der Waals surface area contributed by atoms with Gasteiger partial charge in [-0.25, -0.2) is 5.43 Å². The molecule has 2 rings (SSSR count). The van der Waals surface area contributed by atoms with E-state index >= 15 is 0 Å². The van der Waals surface area contributed by atoms with Gasteiger partial charge >= 0.3 is 0 Å². The van der Waals surface area contributed by atoms with Gasteiger partial charge < -0.3 is 4.74 Å². The van der Waals surface area contributed by atoms with Crippen molar-refractivity contribution < 1.29 is 9.53 Å². The molecule has 112 valence electrons. The lowest BCUT2D eigenvalue weighted by Gasteiger charge is -2.03. The fourth-order valence-electron chi connectivity index (χ4n) is 1.68. The normalized spacial score (nSPS) is 10.4. The second-order valence-corrected chi connectivity index (χ2v) is 5.51. The predicted molar refractivity (Wildman–Crippen MR) is 96.4 cm³/mol. The molecule has 22 heavy (non-hydrogen) atoms. The molecule has 0 aliphatic carbocycles. The van der Waals surface area contributed by atoms with Crippen LogP contribution in [0.15, 0.2) is 66.3 Å². The number of nitrogens with one attached hydrogen (secondary N) is 1. The molecule has 1 N–H and O–H groups in total. The number of hydrogen-bond acceptors (Lipinski definition) is 3. The molecule has 1 amide bonds. The minimum atomic E-state index is -0.229. The average Bonchev–Trinajstić information content (AvgIpc) is 2.54. The number of ether oxygens (including phenoxy) is 1. The maximum atomic E-state index is 12.0. The van der Waals surface area contributed by atoms with Gasteiger partial charge in [0.25, 0.3) is 5.91 Å². The van der Waals surface area contributed by atoms with Crippen LogP contribution in [0.2, 0.25) is 0 Å². The van der Waals surface area contributed by atoms with Gasteiger partial charge in [-0.3, -0.25) is 4.79 Å². The molecular weight excluding hydrogens is 391 g/mol. The smallest absolute Gasteiger partial charge is 0.272 e. The fraction of sp³-hybridized carbons (Fsp3) is 0.0588. The van der Waals surface area contributed by atoms with Gasteiger partial charge in [-0.2, -0.15) is 5.10 Å². The number of rotatable bonds is 6. The van der Waals surface area contributed by atoms with E-state index in [0.29, 0.717) is 12.2 Å².